The number of halogens is 3. The quantitative estimate of drug-likeness (QED) is 0.596. The highest BCUT2D eigenvalue weighted by Gasteiger charge is 2.18. The minimum absolute atomic E-state index is 0.152. The van der Waals surface area contributed by atoms with Crippen LogP contribution in [0, 0.1) is 17.5 Å². The van der Waals surface area contributed by atoms with Crippen molar-refractivity contribution in [2.24, 2.45) is 0 Å². The number of fused-ring (bicyclic) bond motifs is 1. The highest BCUT2D eigenvalue weighted by molar-refractivity contribution is 5.98. The number of aromatic nitrogens is 3. The first-order chi connectivity index (χ1) is 12.1. The Labute approximate surface area is 139 Å². The van der Waals surface area contributed by atoms with E-state index in [1.165, 1.54) is 30.6 Å². The van der Waals surface area contributed by atoms with Gasteiger partial charge in [-0.3, -0.25) is 0 Å². The Morgan fingerprint density at radius 1 is 0.840 bits per heavy atom. The number of anilines is 2. The molecule has 0 aliphatic heterocycles. The Morgan fingerprint density at radius 2 is 1.56 bits per heavy atom. The molecule has 4 rings (SSSR count). The van der Waals surface area contributed by atoms with E-state index in [-0.39, 0.29) is 22.8 Å². The van der Waals surface area contributed by atoms with Crippen molar-refractivity contribution in [3.05, 3.63) is 66.2 Å². The number of hydrogen-bond acceptors (Lipinski definition) is 5. The zero-order valence-electron chi connectivity index (χ0n) is 12.5. The molecular formula is C17H9F3N4O. The second-order valence-corrected chi connectivity index (χ2v) is 5.22. The van der Waals surface area contributed by atoms with Crippen LogP contribution < -0.4 is 5.32 Å². The van der Waals surface area contributed by atoms with Crippen LogP contribution in [0.25, 0.3) is 22.4 Å². The molecule has 5 nitrogen and oxygen atoms in total. The molecule has 0 atom stereocenters. The number of nitrogens with zero attached hydrogens (tertiary/aromatic N) is 3. The zero-order chi connectivity index (χ0) is 17.4. The molecule has 0 radical (unpaired) electrons. The van der Waals surface area contributed by atoms with E-state index in [9.17, 15) is 13.2 Å². The van der Waals surface area contributed by atoms with Gasteiger partial charge in [-0.05, 0) is 36.4 Å². The van der Waals surface area contributed by atoms with Crippen LogP contribution in [0.1, 0.15) is 0 Å². The average molecular weight is 342 g/mol. The molecule has 0 amide bonds. The van der Waals surface area contributed by atoms with Gasteiger partial charge in [0, 0.05) is 17.3 Å². The summed E-state index contributed by atoms with van der Waals surface area (Å²) in [5.41, 5.74) is 1.10. The SMILES string of the molecule is Fc1ccc(Nc2ncnc3onc(-c4cc(F)cc(F)c4)c23)cc1. The lowest BCUT2D eigenvalue weighted by molar-refractivity contribution is 0.451. The molecule has 0 bridgehead atoms. The van der Waals surface area contributed by atoms with Gasteiger partial charge in [0.05, 0.1) is 0 Å². The fourth-order valence-electron chi connectivity index (χ4n) is 2.44. The molecule has 124 valence electrons. The normalized spacial score (nSPS) is 11.0. The van der Waals surface area contributed by atoms with Gasteiger partial charge in [-0.15, -0.1) is 0 Å². The molecule has 25 heavy (non-hydrogen) atoms. The van der Waals surface area contributed by atoms with Crippen LogP contribution in [0.15, 0.2) is 53.3 Å². The molecule has 2 aromatic carbocycles. The first-order valence-corrected chi connectivity index (χ1v) is 7.19. The Balaban J connectivity index is 1.85. The van der Waals surface area contributed by atoms with Gasteiger partial charge in [0.1, 0.15) is 40.7 Å². The van der Waals surface area contributed by atoms with E-state index in [1.807, 2.05) is 0 Å². The molecule has 4 aromatic rings. The van der Waals surface area contributed by atoms with E-state index in [0.29, 0.717) is 16.9 Å². The molecule has 1 N–H and O–H groups in total. The average Bonchev–Trinajstić information content (AvgIpc) is 3.01. The van der Waals surface area contributed by atoms with Crippen LogP contribution in [-0.2, 0) is 0 Å². The first-order valence-electron chi connectivity index (χ1n) is 7.19. The second kappa shape index (κ2) is 5.90. The Bertz CT molecular complexity index is 1040. The summed E-state index contributed by atoms with van der Waals surface area (Å²) in [4.78, 5) is 8.09. The van der Waals surface area contributed by atoms with Gasteiger partial charge < -0.3 is 9.84 Å². The maximum atomic E-state index is 13.5. The van der Waals surface area contributed by atoms with E-state index in [0.717, 1.165) is 18.2 Å². The fraction of sp³-hybridized carbons (Fsp3) is 0. The molecule has 2 heterocycles. The van der Waals surface area contributed by atoms with E-state index in [4.69, 9.17) is 4.52 Å². The number of nitrogens with one attached hydrogen (secondary N) is 1. The predicted molar refractivity (Wildman–Crippen MR) is 84.6 cm³/mol. The molecule has 0 aliphatic carbocycles. The third kappa shape index (κ3) is 2.89. The van der Waals surface area contributed by atoms with Crippen molar-refractivity contribution in [2.45, 2.75) is 0 Å². The maximum absolute atomic E-state index is 13.5. The fourth-order valence-corrected chi connectivity index (χ4v) is 2.44. The van der Waals surface area contributed by atoms with Gasteiger partial charge in [-0.2, -0.15) is 4.98 Å². The highest BCUT2D eigenvalue weighted by atomic mass is 19.1. The molecule has 8 heteroatoms. The summed E-state index contributed by atoms with van der Waals surface area (Å²) in [7, 11) is 0. The van der Waals surface area contributed by atoms with Crippen LogP contribution in [0.5, 0.6) is 0 Å². The topological polar surface area (TPSA) is 63.8 Å². The van der Waals surface area contributed by atoms with Crippen molar-refractivity contribution in [3.63, 3.8) is 0 Å². The Hall–Kier alpha value is -3.42. The summed E-state index contributed by atoms with van der Waals surface area (Å²) in [5, 5.41) is 7.21. The van der Waals surface area contributed by atoms with Crippen molar-refractivity contribution < 1.29 is 17.7 Å². The van der Waals surface area contributed by atoms with Crippen LogP contribution in [0.2, 0.25) is 0 Å². The van der Waals surface area contributed by atoms with Crippen LogP contribution in [0.4, 0.5) is 24.7 Å². The van der Waals surface area contributed by atoms with Crippen LogP contribution in [-0.4, -0.2) is 15.1 Å². The smallest absolute Gasteiger partial charge is 0.263 e. The number of hydrogen-bond donors (Lipinski definition) is 1. The van der Waals surface area contributed by atoms with Gasteiger partial charge in [-0.25, -0.2) is 18.2 Å². The molecule has 2 aromatic heterocycles. The molecular weight excluding hydrogens is 333 g/mol. The van der Waals surface area contributed by atoms with Crippen molar-refractivity contribution in [2.75, 3.05) is 5.32 Å². The summed E-state index contributed by atoms with van der Waals surface area (Å²) >= 11 is 0. The van der Waals surface area contributed by atoms with E-state index < -0.39 is 11.6 Å². The molecule has 0 saturated carbocycles. The van der Waals surface area contributed by atoms with Gasteiger partial charge in [-0.1, -0.05) is 5.16 Å². The highest BCUT2D eigenvalue weighted by Crippen LogP contribution is 2.33. The molecule has 0 unspecified atom stereocenters. The lowest BCUT2D eigenvalue weighted by Gasteiger charge is -2.07. The van der Waals surface area contributed by atoms with Crippen molar-refractivity contribution in [1.82, 2.24) is 15.1 Å². The standard InChI is InChI=1S/C17H9F3N4O/c18-10-1-3-13(4-2-10)23-16-14-15(24-25-17(14)22-8-21-16)9-5-11(19)7-12(20)6-9/h1-8H,(H,21,22,23). The van der Waals surface area contributed by atoms with Gasteiger partial charge >= 0.3 is 0 Å². The van der Waals surface area contributed by atoms with E-state index >= 15 is 0 Å². The number of benzene rings is 2. The summed E-state index contributed by atoms with van der Waals surface area (Å²) < 4.78 is 45.2. The second-order valence-electron chi connectivity index (χ2n) is 5.22. The minimum Gasteiger partial charge on any atom is -0.339 e. The monoisotopic (exact) mass is 342 g/mol. The van der Waals surface area contributed by atoms with E-state index in [2.05, 4.69) is 20.4 Å². The third-order valence-corrected chi connectivity index (χ3v) is 3.52. The maximum Gasteiger partial charge on any atom is 0.263 e. The lowest BCUT2D eigenvalue weighted by Crippen LogP contribution is -1.96. The minimum atomic E-state index is -0.740. The summed E-state index contributed by atoms with van der Waals surface area (Å²) in [6, 6.07) is 8.66. The van der Waals surface area contributed by atoms with Crippen LogP contribution >= 0.6 is 0 Å². The molecule has 0 fully saturated rings. The van der Waals surface area contributed by atoms with Crippen molar-refractivity contribution in [3.8, 4) is 11.3 Å². The largest absolute Gasteiger partial charge is 0.339 e. The van der Waals surface area contributed by atoms with Crippen molar-refractivity contribution >= 4 is 22.6 Å². The Morgan fingerprint density at radius 3 is 2.28 bits per heavy atom. The summed E-state index contributed by atoms with van der Waals surface area (Å²) in [6.07, 6.45) is 1.26. The van der Waals surface area contributed by atoms with E-state index in [1.54, 1.807) is 0 Å². The summed E-state index contributed by atoms with van der Waals surface area (Å²) in [6.45, 7) is 0. The zero-order valence-corrected chi connectivity index (χ0v) is 12.5. The van der Waals surface area contributed by atoms with Gasteiger partial charge in [0.15, 0.2) is 0 Å². The first kappa shape index (κ1) is 15.1. The van der Waals surface area contributed by atoms with Gasteiger partial charge in [0.2, 0.25) is 0 Å². The van der Waals surface area contributed by atoms with Crippen molar-refractivity contribution in [1.29, 1.82) is 0 Å². The number of rotatable bonds is 3. The molecule has 0 aliphatic rings. The molecule has 0 spiro atoms. The Kier molecular flexibility index (Phi) is 3.57. The predicted octanol–water partition coefficient (Wildman–Crippen LogP) is 4.45. The molecule has 0 saturated heterocycles. The van der Waals surface area contributed by atoms with Crippen LogP contribution in [0.3, 0.4) is 0 Å². The third-order valence-electron chi connectivity index (χ3n) is 3.52. The lowest BCUT2D eigenvalue weighted by atomic mass is 10.1. The van der Waals surface area contributed by atoms with Gasteiger partial charge in [0.25, 0.3) is 5.71 Å². The summed E-state index contributed by atoms with van der Waals surface area (Å²) in [5.74, 6) is -1.54.